The fraction of sp³-hybridized carbons (Fsp3) is 0.182. The van der Waals surface area contributed by atoms with Crippen molar-refractivity contribution in [2.24, 2.45) is 0 Å². The number of aromatic nitrogens is 4. The van der Waals surface area contributed by atoms with Crippen LogP contribution in [0, 0.1) is 0 Å². The van der Waals surface area contributed by atoms with Crippen LogP contribution in [0.5, 0.6) is 5.75 Å². The Morgan fingerprint density at radius 2 is 1.87 bits per heavy atom. The molecule has 4 aromatic rings. The number of ether oxygens (including phenoxy) is 1. The molecule has 2 heterocycles. The first-order chi connectivity index (χ1) is 15.0. The van der Waals surface area contributed by atoms with Gasteiger partial charge in [0.25, 0.3) is 11.5 Å². The molecular weight excluding hydrogens is 418 g/mol. The van der Waals surface area contributed by atoms with E-state index in [0.717, 1.165) is 5.56 Å². The van der Waals surface area contributed by atoms with Crippen LogP contribution in [0.2, 0.25) is 5.02 Å². The van der Waals surface area contributed by atoms with Gasteiger partial charge in [-0.15, -0.1) is 0 Å². The lowest BCUT2D eigenvalue weighted by Gasteiger charge is -2.08. The van der Waals surface area contributed by atoms with Gasteiger partial charge < -0.3 is 10.1 Å². The van der Waals surface area contributed by atoms with Crippen molar-refractivity contribution in [3.8, 4) is 5.75 Å². The van der Waals surface area contributed by atoms with E-state index in [4.69, 9.17) is 16.3 Å². The SMILES string of the molecule is COc1ccc(C(=O)NCCn2ncc3c(=O)n(Cc4ccc(Cl)cc4)cnc32)cc1. The number of rotatable bonds is 7. The van der Waals surface area contributed by atoms with Gasteiger partial charge in [-0.05, 0) is 42.0 Å². The molecule has 158 valence electrons. The van der Waals surface area contributed by atoms with E-state index in [1.54, 1.807) is 48.2 Å². The average Bonchev–Trinajstić information content (AvgIpc) is 3.21. The van der Waals surface area contributed by atoms with Crippen LogP contribution >= 0.6 is 11.6 Å². The molecule has 1 amide bonds. The van der Waals surface area contributed by atoms with Gasteiger partial charge in [0.15, 0.2) is 5.65 Å². The zero-order valence-corrected chi connectivity index (χ0v) is 17.5. The van der Waals surface area contributed by atoms with Crippen molar-refractivity contribution in [3.05, 3.63) is 87.6 Å². The van der Waals surface area contributed by atoms with Crippen LogP contribution in [0.25, 0.3) is 11.0 Å². The molecule has 0 aliphatic heterocycles. The van der Waals surface area contributed by atoms with Crippen LogP contribution in [-0.2, 0) is 13.1 Å². The summed E-state index contributed by atoms with van der Waals surface area (Å²) in [5, 5.41) is 8.18. The number of nitrogens with one attached hydrogen (secondary N) is 1. The molecule has 8 nitrogen and oxygen atoms in total. The Hall–Kier alpha value is -3.65. The van der Waals surface area contributed by atoms with Crippen LogP contribution < -0.4 is 15.6 Å². The highest BCUT2D eigenvalue weighted by molar-refractivity contribution is 6.30. The van der Waals surface area contributed by atoms with Crippen LogP contribution in [0.1, 0.15) is 15.9 Å². The number of methoxy groups -OCH3 is 1. The molecule has 0 unspecified atom stereocenters. The maximum absolute atomic E-state index is 12.8. The van der Waals surface area contributed by atoms with Gasteiger partial charge in [0.1, 0.15) is 17.5 Å². The van der Waals surface area contributed by atoms with Crippen LogP contribution in [0.4, 0.5) is 0 Å². The van der Waals surface area contributed by atoms with Crippen LogP contribution in [-0.4, -0.2) is 38.9 Å². The van der Waals surface area contributed by atoms with E-state index in [9.17, 15) is 9.59 Å². The first-order valence-corrected chi connectivity index (χ1v) is 10.0. The number of hydrogen-bond donors (Lipinski definition) is 1. The lowest BCUT2D eigenvalue weighted by atomic mass is 10.2. The number of amides is 1. The summed E-state index contributed by atoms with van der Waals surface area (Å²) < 4.78 is 8.23. The topological polar surface area (TPSA) is 91.0 Å². The lowest BCUT2D eigenvalue weighted by Crippen LogP contribution is -2.27. The molecule has 2 aromatic carbocycles. The van der Waals surface area contributed by atoms with E-state index in [1.165, 1.54) is 17.1 Å². The Morgan fingerprint density at radius 1 is 1.13 bits per heavy atom. The van der Waals surface area contributed by atoms with Crippen molar-refractivity contribution >= 4 is 28.5 Å². The summed E-state index contributed by atoms with van der Waals surface area (Å²) in [5.74, 6) is 0.491. The first kappa shape index (κ1) is 20.6. The van der Waals surface area contributed by atoms with Gasteiger partial charge in [-0.3, -0.25) is 14.2 Å². The molecule has 0 aliphatic rings. The van der Waals surface area contributed by atoms with Crippen molar-refractivity contribution in [1.82, 2.24) is 24.6 Å². The normalized spacial score (nSPS) is 10.9. The Labute approximate surface area is 183 Å². The predicted octanol–water partition coefficient (Wildman–Crippen LogP) is 2.73. The summed E-state index contributed by atoms with van der Waals surface area (Å²) in [6, 6.07) is 14.2. The molecule has 0 radical (unpaired) electrons. The molecule has 0 atom stereocenters. The Balaban J connectivity index is 1.43. The zero-order chi connectivity index (χ0) is 21.8. The van der Waals surface area contributed by atoms with E-state index in [0.29, 0.717) is 47.0 Å². The highest BCUT2D eigenvalue weighted by Gasteiger charge is 2.11. The first-order valence-electron chi connectivity index (χ1n) is 9.63. The Kier molecular flexibility index (Phi) is 5.99. The number of benzene rings is 2. The van der Waals surface area contributed by atoms with Crippen LogP contribution in [0.15, 0.2) is 65.8 Å². The van der Waals surface area contributed by atoms with Gasteiger partial charge in [-0.2, -0.15) is 5.10 Å². The molecule has 9 heteroatoms. The summed E-state index contributed by atoms with van der Waals surface area (Å²) in [6.07, 6.45) is 3.02. The number of carbonyl (C=O) groups is 1. The van der Waals surface area contributed by atoms with Gasteiger partial charge in [0, 0.05) is 17.1 Å². The monoisotopic (exact) mass is 437 g/mol. The number of hydrogen-bond acceptors (Lipinski definition) is 5. The van der Waals surface area contributed by atoms with Gasteiger partial charge in [0.2, 0.25) is 0 Å². The van der Waals surface area contributed by atoms with E-state index >= 15 is 0 Å². The number of carbonyl (C=O) groups excluding carboxylic acids is 1. The molecule has 0 spiro atoms. The van der Waals surface area contributed by atoms with Crippen molar-refractivity contribution in [1.29, 1.82) is 0 Å². The second-order valence-electron chi connectivity index (χ2n) is 6.89. The minimum absolute atomic E-state index is 0.173. The lowest BCUT2D eigenvalue weighted by molar-refractivity contribution is 0.0952. The second kappa shape index (κ2) is 9.01. The Bertz CT molecular complexity index is 1260. The fourth-order valence-electron chi connectivity index (χ4n) is 3.18. The van der Waals surface area contributed by atoms with Gasteiger partial charge in [0.05, 0.1) is 26.4 Å². The smallest absolute Gasteiger partial charge is 0.264 e. The summed E-state index contributed by atoms with van der Waals surface area (Å²) in [6.45, 7) is 1.12. The third kappa shape index (κ3) is 4.59. The minimum atomic E-state index is -0.197. The molecule has 0 bridgehead atoms. The highest BCUT2D eigenvalue weighted by atomic mass is 35.5. The van der Waals surface area contributed by atoms with Crippen molar-refractivity contribution < 1.29 is 9.53 Å². The molecule has 31 heavy (non-hydrogen) atoms. The Morgan fingerprint density at radius 3 is 2.58 bits per heavy atom. The summed E-state index contributed by atoms with van der Waals surface area (Å²) in [4.78, 5) is 29.5. The number of nitrogens with zero attached hydrogens (tertiary/aromatic N) is 4. The van der Waals surface area contributed by atoms with Crippen molar-refractivity contribution in [3.63, 3.8) is 0 Å². The molecular formula is C22H20ClN5O3. The standard InChI is InChI=1S/C22H20ClN5O3/c1-31-18-8-4-16(5-9-18)21(29)24-10-11-28-20-19(12-26-28)22(30)27(14-25-20)13-15-2-6-17(23)7-3-15/h2-9,12,14H,10-11,13H2,1H3,(H,24,29). The predicted molar refractivity (Wildman–Crippen MR) is 118 cm³/mol. The van der Waals surface area contributed by atoms with Gasteiger partial charge in [-0.1, -0.05) is 23.7 Å². The van der Waals surface area contributed by atoms with Crippen molar-refractivity contribution in [2.45, 2.75) is 13.1 Å². The summed E-state index contributed by atoms with van der Waals surface area (Å²) >= 11 is 5.91. The largest absolute Gasteiger partial charge is 0.497 e. The molecule has 0 saturated carbocycles. The third-order valence-electron chi connectivity index (χ3n) is 4.85. The van der Waals surface area contributed by atoms with E-state index < -0.39 is 0 Å². The third-order valence-corrected chi connectivity index (χ3v) is 5.10. The van der Waals surface area contributed by atoms with E-state index in [1.807, 2.05) is 12.1 Å². The molecule has 0 saturated heterocycles. The van der Waals surface area contributed by atoms with E-state index in [2.05, 4.69) is 15.4 Å². The zero-order valence-electron chi connectivity index (χ0n) is 16.8. The molecule has 2 aromatic heterocycles. The quantitative estimate of drug-likeness (QED) is 0.480. The van der Waals surface area contributed by atoms with Crippen molar-refractivity contribution in [2.75, 3.05) is 13.7 Å². The minimum Gasteiger partial charge on any atom is -0.497 e. The van der Waals surface area contributed by atoms with Gasteiger partial charge >= 0.3 is 0 Å². The molecule has 0 fully saturated rings. The van der Waals surface area contributed by atoms with E-state index in [-0.39, 0.29) is 11.5 Å². The maximum atomic E-state index is 12.8. The summed E-state index contributed by atoms with van der Waals surface area (Å²) in [5.41, 5.74) is 1.79. The van der Waals surface area contributed by atoms with Gasteiger partial charge in [-0.25, -0.2) is 9.67 Å². The van der Waals surface area contributed by atoms with Crippen LogP contribution in [0.3, 0.4) is 0 Å². The molecule has 0 aliphatic carbocycles. The number of halogens is 1. The highest BCUT2D eigenvalue weighted by Crippen LogP contribution is 2.12. The average molecular weight is 438 g/mol. The fourth-order valence-corrected chi connectivity index (χ4v) is 3.31. The molecule has 4 rings (SSSR count). The number of fused-ring (bicyclic) bond motifs is 1. The maximum Gasteiger partial charge on any atom is 0.264 e. The molecule has 1 N–H and O–H groups in total. The summed E-state index contributed by atoms with van der Waals surface area (Å²) in [7, 11) is 1.57. The second-order valence-corrected chi connectivity index (χ2v) is 7.33.